The number of carbonyl (C=O) groups is 1. The molecule has 2 aliphatic rings. The van der Waals surface area contributed by atoms with Crippen molar-refractivity contribution in [3.63, 3.8) is 0 Å². The lowest BCUT2D eigenvalue weighted by Gasteiger charge is -2.45. The van der Waals surface area contributed by atoms with E-state index in [4.69, 9.17) is 0 Å². The highest BCUT2D eigenvalue weighted by Crippen LogP contribution is 2.51. The maximum atomic E-state index is 13.1. The smallest absolute Gasteiger partial charge is 0.305 e. The van der Waals surface area contributed by atoms with Gasteiger partial charge in [0, 0.05) is 17.5 Å². The number of hydrogen-bond donors (Lipinski definition) is 1. The van der Waals surface area contributed by atoms with E-state index in [1.165, 1.54) is 0 Å². The highest BCUT2D eigenvalue weighted by molar-refractivity contribution is 7.87. The van der Waals surface area contributed by atoms with Crippen LogP contribution in [0.2, 0.25) is 0 Å². The minimum absolute atomic E-state index is 0.0731. The Labute approximate surface area is 98.0 Å². The Morgan fingerprint density at radius 2 is 2.00 bits per heavy atom. The number of halogens is 1. The number of benzene rings is 1. The molecule has 1 aliphatic heterocycles. The number of nitrogens with one attached hydrogen (secondary N) is 1. The van der Waals surface area contributed by atoms with Crippen LogP contribution in [0.3, 0.4) is 0 Å². The van der Waals surface area contributed by atoms with Gasteiger partial charge >= 0.3 is 10.2 Å². The van der Waals surface area contributed by atoms with Crippen LogP contribution in [-0.2, 0) is 15.0 Å². The van der Waals surface area contributed by atoms with E-state index >= 15 is 0 Å². The van der Waals surface area contributed by atoms with Crippen molar-refractivity contribution in [3.05, 3.63) is 29.8 Å². The fourth-order valence-corrected chi connectivity index (χ4v) is 3.83. The molecule has 1 saturated carbocycles. The summed E-state index contributed by atoms with van der Waals surface area (Å²) < 4.78 is 35.0. The summed E-state index contributed by atoms with van der Waals surface area (Å²) in [6.07, 6.45) is 0.0731. The van der Waals surface area contributed by atoms with Gasteiger partial charge in [-0.3, -0.25) is 4.79 Å². The number of hydrogen-bond acceptors (Lipinski definition) is 3. The number of anilines is 1. The average Bonchev–Trinajstić information content (AvgIpc) is 2.15. The van der Waals surface area contributed by atoms with Crippen molar-refractivity contribution in [2.24, 2.45) is 5.92 Å². The number of rotatable bonds is 1. The molecule has 17 heavy (non-hydrogen) atoms. The van der Waals surface area contributed by atoms with Crippen LogP contribution in [0.15, 0.2) is 24.3 Å². The lowest BCUT2D eigenvalue weighted by molar-refractivity contribution is -0.123. The van der Waals surface area contributed by atoms with E-state index in [2.05, 4.69) is 5.32 Å². The average molecular weight is 255 g/mol. The van der Waals surface area contributed by atoms with E-state index in [1.54, 1.807) is 24.3 Å². The predicted molar refractivity (Wildman–Crippen MR) is 59.7 cm³/mol. The molecular weight excluding hydrogens is 245 g/mol. The maximum Gasteiger partial charge on any atom is 0.305 e. The molecule has 1 amide bonds. The Morgan fingerprint density at radius 1 is 1.29 bits per heavy atom. The van der Waals surface area contributed by atoms with Crippen LogP contribution in [0.4, 0.5) is 9.57 Å². The van der Waals surface area contributed by atoms with Gasteiger partial charge in [-0.15, -0.1) is 3.89 Å². The van der Waals surface area contributed by atoms with Crippen molar-refractivity contribution in [2.45, 2.75) is 17.6 Å². The van der Waals surface area contributed by atoms with Crippen molar-refractivity contribution >= 4 is 21.8 Å². The summed E-state index contributed by atoms with van der Waals surface area (Å²) in [7, 11) is -4.58. The van der Waals surface area contributed by atoms with Crippen LogP contribution in [0.5, 0.6) is 0 Å². The van der Waals surface area contributed by atoms with Gasteiger partial charge in [-0.2, -0.15) is 8.42 Å². The second-order valence-corrected chi connectivity index (χ2v) is 6.02. The lowest BCUT2D eigenvalue weighted by atomic mass is 9.66. The summed E-state index contributed by atoms with van der Waals surface area (Å²) >= 11 is 0. The molecule has 1 heterocycles. The number of para-hydroxylation sites is 1. The summed E-state index contributed by atoms with van der Waals surface area (Å²) in [6, 6.07) is 6.94. The molecule has 0 unspecified atom stereocenters. The van der Waals surface area contributed by atoms with Crippen LogP contribution in [0, 0.1) is 5.92 Å². The Morgan fingerprint density at radius 3 is 2.71 bits per heavy atom. The van der Waals surface area contributed by atoms with Gasteiger partial charge in [0.15, 0.2) is 0 Å². The third-order valence-electron chi connectivity index (χ3n) is 3.60. The molecule has 3 rings (SSSR count). The van der Waals surface area contributed by atoms with E-state index < -0.39 is 27.3 Å². The summed E-state index contributed by atoms with van der Waals surface area (Å²) in [4.78, 5) is 11.7. The number of carbonyl (C=O) groups excluding carboxylic acids is 1. The molecule has 1 aliphatic carbocycles. The quantitative estimate of drug-likeness (QED) is 0.772. The molecular formula is C11H10FNO3S. The lowest BCUT2D eigenvalue weighted by Crippen LogP contribution is -2.51. The molecule has 0 bridgehead atoms. The molecule has 1 fully saturated rings. The second kappa shape index (κ2) is 3.29. The first-order valence-electron chi connectivity index (χ1n) is 5.32. The van der Waals surface area contributed by atoms with Gasteiger partial charge in [0.05, 0.1) is 5.25 Å². The molecule has 1 N–H and O–H groups in total. The predicted octanol–water partition coefficient (Wildman–Crippen LogP) is 1.41. The molecule has 6 heteroatoms. The summed E-state index contributed by atoms with van der Waals surface area (Å²) in [5.74, 6) is -1.16. The zero-order chi connectivity index (χ0) is 12.2. The normalized spacial score (nSPS) is 30.9. The standard InChI is InChI=1S/C11H10FNO3S/c12-17(15,16)9-5-7-10(9)6-3-1-2-4-8(6)13-11(7)14/h1-4,7,9-10H,5H2,(H,13,14)/t7-,9-,10-/m1/s1. The maximum absolute atomic E-state index is 13.1. The zero-order valence-electron chi connectivity index (χ0n) is 8.76. The second-order valence-electron chi connectivity index (χ2n) is 4.46. The van der Waals surface area contributed by atoms with Gasteiger partial charge < -0.3 is 5.32 Å². The van der Waals surface area contributed by atoms with Gasteiger partial charge in [-0.1, -0.05) is 18.2 Å². The molecule has 4 nitrogen and oxygen atoms in total. The van der Waals surface area contributed by atoms with Gasteiger partial charge in [-0.25, -0.2) is 0 Å². The van der Waals surface area contributed by atoms with Crippen LogP contribution in [-0.4, -0.2) is 19.6 Å². The first-order chi connectivity index (χ1) is 7.98. The molecule has 1 aromatic rings. The Balaban J connectivity index is 2.09. The van der Waals surface area contributed by atoms with E-state index in [1.807, 2.05) is 0 Å². The van der Waals surface area contributed by atoms with Gasteiger partial charge in [-0.05, 0) is 18.1 Å². The van der Waals surface area contributed by atoms with Gasteiger partial charge in [0.2, 0.25) is 5.91 Å². The Bertz CT molecular complexity index is 598. The van der Waals surface area contributed by atoms with Crippen LogP contribution in [0.1, 0.15) is 17.9 Å². The molecule has 1 aromatic carbocycles. The number of amides is 1. The summed E-state index contributed by atoms with van der Waals surface area (Å²) in [6.45, 7) is 0. The molecule has 0 saturated heterocycles. The first kappa shape index (κ1) is 10.7. The van der Waals surface area contributed by atoms with E-state index in [-0.39, 0.29) is 12.3 Å². The highest BCUT2D eigenvalue weighted by Gasteiger charge is 2.55. The van der Waals surface area contributed by atoms with Gasteiger partial charge in [0.25, 0.3) is 0 Å². The summed E-state index contributed by atoms with van der Waals surface area (Å²) in [5.41, 5.74) is 1.31. The Hall–Kier alpha value is -1.43. The van der Waals surface area contributed by atoms with Gasteiger partial charge in [0.1, 0.15) is 0 Å². The first-order valence-corrected chi connectivity index (χ1v) is 6.76. The number of fused-ring (bicyclic) bond motifs is 3. The van der Waals surface area contributed by atoms with Crippen molar-refractivity contribution in [1.82, 2.24) is 0 Å². The largest absolute Gasteiger partial charge is 0.326 e. The monoisotopic (exact) mass is 255 g/mol. The fourth-order valence-electron chi connectivity index (χ4n) is 2.71. The molecule has 0 aromatic heterocycles. The van der Waals surface area contributed by atoms with Crippen LogP contribution >= 0.6 is 0 Å². The third-order valence-corrected chi connectivity index (χ3v) is 4.81. The van der Waals surface area contributed by atoms with E-state index in [0.717, 1.165) is 5.56 Å². The zero-order valence-corrected chi connectivity index (χ0v) is 9.58. The fraction of sp³-hybridized carbons (Fsp3) is 0.364. The van der Waals surface area contributed by atoms with Crippen LogP contribution in [0.25, 0.3) is 0 Å². The molecule has 0 spiro atoms. The molecule has 0 radical (unpaired) electrons. The minimum atomic E-state index is -4.58. The van der Waals surface area contributed by atoms with E-state index in [0.29, 0.717) is 5.69 Å². The van der Waals surface area contributed by atoms with Crippen molar-refractivity contribution in [3.8, 4) is 0 Å². The molecule has 3 atom stereocenters. The van der Waals surface area contributed by atoms with Crippen molar-refractivity contribution in [1.29, 1.82) is 0 Å². The minimum Gasteiger partial charge on any atom is -0.326 e. The molecule has 90 valence electrons. The highest BCUT2D eigenvalue weighted by atomic mass is 32.3. The van der Waals surface area contributed by atoms with Crippen LogP contribution < -0.4 is 5.32 Å². The van der Waals surface area contributed by atoms with E-state index in [9.17, 15) is 17.1 Å². The Kier molecular flexibility index (Phi) is 2.07. The summed E-state index contributed by atoms with van der Waals surface area (Å²) in [5, 5.41) is 1.64. The van der Waals surface area contributed by atoms with Crippen molar-refractivity contribution in [2.75, 3.05) is 5.32 Å². The third kappa shape index (κ3) is 1.47. The van der Waals surface area contributed by atoms with Crippen molar-refractivity contribution < 1.29 is 17.1 Å². The SMILES string of the molecule is O=C1Nc2ccccc2[C@H]2[C@H](S(=O)(=O)F)C[C@@H]12. The topological polar surface area (TPSA) is 63.2 Å².